The van der Waals surface area contributed by atoms with Crippen LogP contribution in [0.15, 0.2) is 35.9 Å². The molecule has 1 heterocycles. The number of aromatic nitrogens is 1. The summed E-state index contributed by atoms with van der Waals surface area (Å²) < 4.78 is 7.40. The highest BCUT2D eigenvalue weighted by Gasteiger charge is 2.21. The standard InChI is InChI=1S/C25H31N3O3/c1-16(2)15-28-18(4)11-22(19(28)5)12-23(13-26)25(30)31-20(6)24(29)27-14-21-9-7-17(3)8-10-21/h7-12,16,20H,14-15H2,1-6H3,(H,27,29)/b23-12+/t20-/m0/s1. The smallest absolute Gasteiger partial charge is 0.349 e. The SMILES string of the molecule is Cc1ccc(CNC(=O)[C@H](C)OC(=O)/C(C#N)=C/c2cc(C)n(CC(C)C)c2C)cc1. The zero-order chi connectivity index (χ0) is 23.1. The number of ether oxygens (including phenoxy) is 1. The fourth-order valence-electron chi connectivity index (χ4n) is 3.23. The molecule has 0 saturated heterocycles. The number of nitrogens with one attached hydrogen (secondary N) is 1. The number of nitrogens with zero attached hydrogens (tertiary/aromatic N) is 2. The number of carbonyl (C=O) groups is 2. The molecule has 6 heteroatoms. The second-order valence-electron chi connectivity index (χ2n) is 8.25. The van der Waals surface area contributed by atoms with Gasteiger partial charge in [-0.25, -0.2) is 4.79 Å². The van der Waals surface area contributed by atoms with Crippen LogP contribution in [-0.2, 0) is 27.4 Å². The van der Waals surface area contributed by atoms with Gasteiger partial charge in [-0.05, 0) is 56.9 Å². The van der Waals surface area contributed by atoms with E-state index in [-0.39, 0.29) is 5.57 Å². The molecule has 6 nitrogen and oxygen atoms in total. The zero-order valence-electron chi connectivity index (χ0n) is 19.2. The lowest BCUT2D eigenvalue weighted by Crippen LogP contribution is -2.35. The summed E-state index contributed by atoms with van der Waals surface area (Å²) in [6.07, 6.45) is 0.515. The molecule has 0 aliphatic carbocycles. The van der Waals surface area contributed by atoms with Crippen molar-refractivity contribution < 1.29 is 14.3 Å². The van der Waals surface area contributed by atoms with Crippen LogP contribution in [0.3, 0.4) is 0 Å². The van der Waals surface area contributed by atoms with Gasteiger partial charge in [-0.2, -0.15) is 5.26 Å². The molecule has 1 atom stereocenters. The van der Waals surface area contributed by atoms with Crippen LogP contribution >= 0.6 is 0 Å². The van der Waals surface area contributed by atoms with Gasteiger partial charge in [0.05, 0.1) is 0 Å². The van der Waals surface area contributed by atoms with Crippen molar-refractivity contribution in [3.05, 3.63) is 64.0 Å². The zero-order valence-corrected chi connectivity index (χ0v) is 19.2. The first-order chi connectivity index (χ1) is 14.6. The first-order valence-corrected chi connectivity index (χ1v) is 10.4. The number of aryl methyl sites for hydroxylation is 2. The topological polar surface area (TPSA) is 84.1 Å². The lowest BCUT2D eigenvalue weighted by molar-refractivity contribution is -0.150. The molecule has 1 aromatic heterocycles. The van der Waals surface area contributed by atoms with Crippen molar-refractivity contribution in [1.82, 2.24) is 9.88 Å². The first kappa shape index (κ1) is 23.9. The van der Waals surface area contributed by atoms with E-state index in [1.807, 2.05) is 57.2 Å². The van der Waals surface area contributed by atoms with Crippen LogP contribution in [0.25, 0.3) is 6.08 Å². The summed E-state index contributed by atoms with van der Waals surface area (Å²) >= 11 is 0. The van der Waals surface area contributed by atoms with Gasteiger partial charge in [0.15, 0.2) is 6.10 Å². The van der Waals surface area contributed by atoms with Crippen LogP contribution in [0.4, 0.5) is 0 Å². The minimum Gasteiger partial charge on any atom is -0.448 e. The predicted molar refractivity (Wildman–Crippen MR) is 121 cm³/mol. The monoisotopic (exact) mass is 421 g/mol. The van der Waals surface area contributed by atoms with Gasteiger partial charge < -0.3 is 14.6 Å². The highest BCUT2D eigenvalue weighted by molar-refractivity contribution is 5.99. The third kappa shape index (κ3) is 6.58. The molecule has 0 fully saturated rings. The molecule has 1 aromatic carbocycles. The number of carbonyl (C=O) groups excluding carboxylic acids is 2. The normalized spacial score (nSPS) is 12.4. The molecular formula is C25H31N3O3. The maximum Gasteiger partial charge on any atom is 0.349 e. The van der Waals surface area contributed by atoms with Crippen molar-refractivity contribution >= 4 is 18.0 Å². The molecule has 0 aliphatic rings. The predicted octanol–water partition coefficient (Wildman–Crippen LogP) is 4.22. The summed E-state index contributed by atoms with van der Waals surface area (Å²) in [7, 11) is 0. The van der Waals surface area contributed by atoms with E-state index in [0.29, 0.717) is 12.5 Å². The Bertz CT molecular complexity index is 1010. The van der Waals surface area contributed by atoms with Crippen LogP contribution in [0, 0.1) is 38.0 Å². The van der Waals surface area contributed by atoms with Crippen molar-refractivity contribution in [3.63, 3.8) is 0 Å². The van der Waals surface area contributed by atoms with E-state index >= 15 is 0 Å². The molecule has 0 unspecified atom stereocenters. The fraction of sp³-hybridized carbons (Fsp3) is 0.400. The van der Waals surface area contributed by atoms with Crippen molar-refractivity contribution in [2.24, 2.45) is 5.92 Å². The van der Waals surface area contributed by atoms with Crippen LogP contribution in [0.1, 0.15) is 48.8 Å². The van der Waals surface area contributed by atoms with Gasteiger partial charge in [0.2, 0.25) is 0 Å². The molecule has 1 N–H and O–H groups in total. The fourth-order valence-corrected chi connectivity index (χ4v) is 3.23. The second kappa shape index (κ2) is 10.6. The van der Waals surface area contributed by atoms with Gasteiger partial charge >= 0.3 is 5.97 Å². The quantitative estimate of drug-likeness (QED) is 0.393. The van der Waals surface area contributed by atoms with Crippen molar-refractivity contribution in [3.8, 4) is 6.07 Å². The van der Waals surface area contributed by atoms with E-state index in [2.05, 4.69) is 23.7 Å². The summed E-state index contributed by atoms with van der Waals surface area (Å²) in [4.78, 5) is 24.8. The molecule has 0 aliphatic heterocycles. The number of hydrogen-bond donors (Lipinski definition) is 1. The van der Waals surface area contributed by atoms with Crippen molar-refractivity contribution in [2.75, 3.05) is 0 Å². The van der Waals surface area contributed by atoms with Gasteiger partial charge in [-0.1, -0.05) is 43.7 Å². The molecule has 1 amide bonds. The van der Waals surface area contributed by atoms with Crippen LogP contribution in [0.2, 0.25) is 0 Å². The number of benzene rings is 1. The van der Waals surface area contributed by atoms with E-state index in [0.717, 1.165) is 34.6 Å². The highest BCUT2D eigenvalue weighted by Crippen LogP contribution is 2.20. The largest absolute Gasteiger partial charge is 0.448 e. The molecule has 31 heavy (non-hydrogen) atoms. The van der Waals surface area contributed by atoms with E-state index in [1.54, 1.807) is 0 Å². The third-order valence-corrected chi connectivity index (χ3v) is 5.04. The summed E-state index contributed by atoms with van der Waals surface area (Å²) in [6, 6.07) is 11.6. The summed E-state index contributed by atoms with van der Waals surface area (Å²) in [6.45, 7) is 12.9. The Labute approximate surface area is 184 Å². The van der Waals surface area contributed by atoms with E-state index in [9.17, 15) is 14.9 Å². The second-order valence-corrected chi connectivity index (χ2v) is 8.25. The van der Waals surface area contributed by atoms with Gasteiger partial charge in [-0.3, -0.25) is 4.79 Å². The van der Waals surface area contributed by atoms with Crippen molar-refractivity contribution in [2.45, 2.75) is 60.7 Å². The molecule has 2 rings (SSSR count). The van der Waals surface area contributed by atoms with Crippen LogP contribution in [0.5, 0.6) is 0 Å². The summed E-state index contributed by atoms with van der Waals surface area (Å²) in [5, 5.41) is 12.2. The summed E-state index contributed by atoms with van der Waals surface area (Å²) in [5.74, 6) is -0.753. The average molecular weight is 422 g/mol. The maximum absolute atomic E-state index is 12.5. The van der Waals surface area contributed by atoms with Crippen LogP contribution in [-0.4, -0.2) is 22.5 Å². The minimum atomic E-state index is -1.01. The molecule has 164 valence electrons. The average Bonchev–Trinajstić information content (AvgIpc) is 2.98. The van der Waals surface area contributed by atoms with Crippen molar-refractivity contribution in [1.29, 1.82) is 5.26 Å². The third-order valence-electron chi connectivity index (χ3n) is 5.04. The summed E-state index contributed by atoms with van der Waals surface area (Å²) in [5.41, 5.74) is 4.79. The van der Waals surface area contributed by atoms with Gasteiger partial charge in [0.25, 0.3) is 5.91 Å². The number of amides is 1. The Morgan fingerprint density at radius 1 is 1.16 bits per heavy atom. The number of rotatable bonds is 8. The van der Waals surface area contributed by atoms with E-state index < -0.39 is 18.0 Å². The van der Waals surface area contributed by atoms with Gasteiger partial charge in [0, 0.05) is 24.5 Å². The maximum atomic E-state index is 12.5. The lowest BCUT2D eigenvalue weighted by atomic mass is 10.1. The van der Waals surface area contributed by atoms with Gasteiger partial charge in [0.1, 0.15) is 11.6 Å². The Morgan fingerprint density at radius 2 is 1.81 bits per heavy atom. The molecule has 2 aromatic rings. The van der Waals surface area contributed by atoms with E-state index in [4.69, 9.17) is 4.74 Å². The number of esters is 1. The molecule has 0 spiro atoms. The molecule has 0 bridgehead atoms. The Kier molecular flexibility index (Phi) is 8.21. The minimum absolute atomic E-state index is 0.136. The molecular weight excluding hydrogens is 390 g/mol. The van der Waals surface area contributed by atoms with Crippen LogP contribution < -0.4 is 5.32 Å². The van der Waals surface area contributed by atoms with Gasteiger partial charge in [-0.15, -0.1) is 0 Å². The highest BCUT2D eigenvalue weighted by atomic mass is 16.5. The Hall–Kier alpha value is -3.33. The lowest BCUT2D eigenvalue weighted by Gasteiger charge is -2.13. The first-order valence-electron chi connectivity index (χ1n) is 10.4. The number of nitriles is 1. The Balaban J connectivity index is 2.04. The number of hydrogen-bond acceptors (Lipinski definition) is 4. The Morgan fingerprint density at radius 3 is 2.39 bits per heavy atom. The molecule has 0 radical (unpaired) electrons. The molecule has 0 saturated carbocycles. The van der Waals surface area contributed by atoms with E-state index in [1.165, 1.54) is 13.0 Å².